The molecule has 64 heavy (non-hydrogen) atoms. The Bertz CT molecular complexity index is 2440. The largest absolute Gasteiger partial charge is 0.507 e. The lowest BCUT2D eigenvalue weighted by Gasteiger charge is -2.48. The SMILES string of the molecule is NC1C=CC([C@@H]2C=C(NCCCCO)[C@]3(Oc4cc5oc(-c6cc(O)c(O)c(CCO)c6)cc(=O)c5c(O)c42)O[C@H](C(=O)O[C@H]2O[C@H](C(=O)O)[C@@H](O)[C@H](O)[C@H]2O)[C@@H](O)[C@H](O)[C@H]3O)=CN1. The maximum atomic E-state index is 14.0. The highest BCUT2D eigenvalue weighted by Crippen LogP contribution is 2.51. The summed E-state index contributed by atoms with van der Waals surface area (Å²) in [6.45, 7) is -0.640. The van der Waals surface area contributed by atoms with Gasteiger partial charge in [0.25, 0.3) is 5.79 Å². The third kappa shape index (κ3) is 8.34. The second-order valence-electron chi connectivity index (χ2n) is 15.5. The highest BCUT2D eigenvalue weighted by atomic mass is 16.8. The molecule has 346 valence electrons. The summed E-state index contributed by atoms with van der Waals surface area (Å²) >= 11 is 0. The van der Waals surface area contributed by atoms with Gasteiger partial charge in [-0.25, -0.2) is 9.59 Å². The number of hydrogen-bond donors (Lipinski definition) is 15. The summed E-state index contributed by atoms with van der Waals surface area (Å²) in [7, 11) is 0. The van der Waals surface area contributed by atoms with Crippen LogP contribution in [0.1, 0.15) is 29.9 Å². The first kappa shape index (κ1) is 46.2. The Kier molecular flexibility index (Phi) is 13.2. The smallest absolute Gasteiger partial charge is 0.340 e. The van der Waals surface area contributed by atoms with Gasteiger partial charge in [-0.3, -0.25) is 4.79 Å². The summed E-state index contributed by atoms with van der Waals surface area (Å²) in [5, 5.41) is 133. The third-order valence-corrected chi connectivity index (χ3v) is 11.3. The molecule has 3 aromatic rings. The number of esters is 1. The lowest BCUT2D eigenvalue weighted by Crippen LogP contribution is -2.70. The van der Waals surface area contributed by atoms with E-state index in [1.54, 1.807) is 12.2 Å². The number of rotatable bonds is 12. The van der Waals surface area contributed by atoms with E-state index in [-0.39, 0.29) is 71.5 Å². The number of aliphatic hydroxyl groups is 8. The Balaban J connectivity index is 1.40. The topological polar surface area (TPSA) is 394 Å². The second-order valence-corrected chi connectivity index (χ2v) is 15.5. The minimum atomic E-state index is -2.82. The van der Waals surface area contributed by atoms with E-state index < -0.39 is 120 Å². The fourth-order valence-electron chi connectivity index (χ4n) is 7.89. The van der Waals surface area contributed by atoms with Gasteiger partial charge >= 0.3 is 11.9 Å². The predicted molar refractivity (Wildman–Crippen MR) is 214 cm³/mol. The summed E-state index contributed by atoms with van der Waals surface area (Å²) in [5.74, 6) is -9.93. The number of carboxylic acid groups (broad SMARTS) is 1. The Morgan fingerprint density at radius 1 is 0.891 bits per heavy atom. The summed E-state index contributed by atoms with van der Waals surface area (Å²) < 4.78 is 28.9. The van der Waals surface area contributed by atoms with Crippen LogP contribution in [-0.4, -0.2) is 160 Å². The van der Waals surface area contributed by atoms with Gasteiger partial charge < -0.3 is 101 Å². The summed E-state index contributed by atoms with van der Waals surface area (Å²) in [5.41, 5.74) is 4.94. The zero-order chi connectivity index (χ0) is 46.4. The standard InChI is InChI=1S/C41H47N3O20/c42-25-4-3-16(14-44-25)18-11-24(43-6-1-2-7-45)41(37(56)33(54)32(53)36(64-41)39(59)62-40-34(55)30(51)31(52)35(61-40)38(57)58)63-23-13-22-27(29(50)26(18)23)19(47)12-21(60-22)17-9-15(5-8-46)28(49)20(48)10-17/h3-4,9-14,18,25,30-37,40,43-46,48-56H,1-2,5-8,42H2,(H,57,58)/t18-,25?,30-,31-,32-,33-,34+,35-,36-,37+,40+,41-/m0/s1. The van der Waals surface area contributed by atoms with Gasteiger partial charge in [-0.05, 0) is 49.1 Å². The number of benzene rings is 2. The van der Waals surface area contributed by atoms with Crippen molar-refractivity contribution in [3.63, 3.8) is 0 Å². The number of carbonyl (C=O) groups excluding carboxylic acids is 1. The minimum Gasteiger partial charge on any atom is -0.507 e. The van der Waals surface area contributed by atoms with Crippen LogP contribution in [0.3, 0.4) is 0 Å². The molecule has 0 amide bonds. The number of nitrogens with two attached hydrogens (primary N) is 1. The zero-order valence-corrected chi connectivity index (χ0v) is 33.4. The lowest BCUT2D eigenvalue weighted by atomic mass is 9.85. The first-order valence-electron chi connectivity index (χ1n) is 19.9. The van der Waals surface area contributed by atoms with Crippen molar-refractivity contribution in [1.82, 2.24) is 10.6 Å². The van der Waals surface area contributed by atoms with Crippen molar-refractivity contribution < 1.29 is 94.2 Å². The van der Waals surface area contributed by atoms with Gasteiger partial charge in [0.1, 0.15) is 58.7 Å². The number of phenols is 3. The van der Waals surface area contributed by atoms with Crippen LogP contribution < -0.4 is 26.5 Å². The molecule has 2 saturated heterocycles. The molecule has 16 N–H and O–H groups in total. The number of hydrogen-bond acceptors (Lipinski definition) is 22. The Labute approximate surface area is 360 Å². The minimum absolute atomic E-state index is 0.00355. The number of fused-ring (bicyclic) bond motifs is 2. The summed E-state index contributed by atoms with van der Waals surface area (Å²) in [6, 6.07) is 4.57. The van der Waals surface area contributed by atoms with Crippen molar-refractivity contribution in [2.24, 2.45) is 5.73 Å². The fourth-order valence-corrected chi connectivity index (χ4v) is 7.89. The molecule has 0 aliphatic carbocycles. The Morgan fingerprint density at radius 2 is 1.62 bits per heavy atom. The van der Waals surface area contributed by atoms with Crippen LogP contribution in [0.25, 0.3) is 22.3 Å². The van der Waals surface area contributed by atoms with Crippen molar-refractivity contribution in [1.29, 1.82) is 0 Å². The number of dihydropyridines is 1. The van der Waals surface area contributed by atoms with Gasteiger partial charge in [-0.15, -0.1) is 0 Å². The maximum absolute atomic E-state index is 14.0. The lowest BCUT2D eigenvalue weighted by molar-refractivity contribution is -0.325. The van der Waals surface area contributed by atoms with E-state index in [2.05, 4.69) is 10.6 Å². The molecule has 0 radical (unpaired) electrons. The van der Waals surface area contributed by atoms with Crippen LogP contribution in [0.4, 0.5) is 0 Å². The molecule has 12 atom stereocenters. The fraction of sp³-hybridized carbons (Fsp3) is 0.439. The van der Waals surface area contributed by atoms with Crippen LogP contribution >= 0.6 is 0 Å². The van der Waals surface area contributed by atoms with E-state index in [0.29, 0.717) is 5.57 Å². The molecule has 1 unspecified atom stereocenters. The molecule has 4 aliphatic rings. The number of allylic oxidation sites excluding steroid dienone is 3. The molecule has 4 aliphatic heterocycles. The Morgan fingerprint density at radius 3 is 2.30 bits per heavy atom. The van der Waals surface area contributed by atoms with E-state index in [0.717, 1.165) is 18.2 Å². The second kappa shape index (κ2) is 18.3. The molecule has 1 aromatic heterocycles. The van der Waals surface area contributed by atoms with Gasteiger partial charge in [-0.2, -0.15) is 0 Å². The molecule has 2 fully saturated rings. The van der Waals surface area contributed by atoms with E-state index in [1.807, 2.05) is 0 Å². The maximum Gasteiger partial charge on any atom is 0.340 e. The number of aliphatic carboxylic acids is 1. The van der Waals surface area contributed by atoms with Gasteiger partial charge in [-0.1, -0.05) is 6.08 Å². The first-order chi connectivity index (χ1) is 30.4. The van der Waals surface area contributed by atoms with Gasteiger partial charge in [0.2, 0.25) is 6.29 Å². The number of aromatic hydroxyl groups is 3. The van der Waals surface area contributed by atoms with Crippen LogP contribution in [0.15, 0.2) is 69.2 Å². The number of unbranched alkanes of at least 4 members (excludes halogenated alkanes) is 1. The molecule has 2 aromatic carbocycles. The number of aliphatic hydroxyl groups excluding tert-OH is 8. The highest BCUT2D eigenvalue weighted by molar-refractivity contribution is 5.89. The molecule has 23 heteroatoms. The van der Waals surface area contributed by atoms with Crippen LogP contribution in [0, 0.1) is 0 Å². The first-order valence-corrected chi connectivity index (χ1v) is 19.9. The number of phenolic OH excluding ortho intramolecular Hbond substituents is 3. The van der Waals surface area contributed by atoms with Crippen LogP contribution in [0.2, 0.25) is 0 Å². The molecule has 23 nitrogen and oxygen atoms in total. The number of carbonyl (C=O) groups is 2. The van der Waals surface area contributed by atoms with E-state index in [9.17, 15) is 75.7 Å². The van der Waals surface area contributed by atoms with Crippen molar-refractivity contribution in [2.45, 2.75) is 92.3 Å². The van der Waals surface area contributed by atoms with Gasteiger partial charge in [0.15, 0.2) is 35.2 Å². The van der Waals surface area contributed by atoms with E-state index in [4.69, 9.17) is 29.1 Å². The summed E-state index contributed by atoms with van der Waals surface area (Å²) in [4.78, 5) is 39.6. The monoisotopic (exact) mass is 901 g/mol. The Hall–Kier alpha value is -5.83. The normalized spacial score (nSPS) is 31.2. The molecule has 0 bridgehead atoms. The zero-order valence-electron chi connectivity index (χ0n) is 33.4. The molecular formula is C41H47N3O20. The van der Waals surface area contributed by atoms with E-state index >= 15 is 0 Å². The van der Waals surface area contributed by atoms with Gasteiger partial charge in [0.05, 0.1) is 11.9 Å². The van der Waals surface area contributed by atoms with Crippen molar-refractivity contribution in [3.05, 3.63) is 81.3 Å². The van der Waals surface area contributed by atoms with Gasteiger partial charge in [0, 0.05) is 60.7 Å². The van der Waals surface area contributed by atoms with Crippen molar-refractivity contribution in [3.8, 4) is 34.3 Å². The van der Waals surface area contributed by atoms with Crippen LogP contribution in [-0.2, 0) is 30.2 Å². The third-order valence-electron chi connectivity index (χ3n) is 11.3. The average Bonchev–Trinajstić information content (AvgIpc) is 3.39. The quantitative estimate of drug-likeness (QED) is 0.0483. The number of ether oxygens (including phenoxy) is 4. The molecule has 0 saturated carbocycles. The van der Waals surface area contributed by atoms with Crippen molar-refractivity contribution in [2.75, 3.05) is 19.8 Å². The number of carboxylic acids is 1. The van der Waals surface area contributed by atoms with Crippen molar-refractivity contribution >= 4 is 22.9 Å². The molecule has 7 rings (SSSR count). The predicted octanol–water partition coefficient (Wildman–Crippen LogP) is -3.23. The summed E-state index contributed by atoms with van der Waals surface area (Å²) in [6.07, 6.45) is -14.8. The molecule has 5 heterocycles. The highest BCUT2D eigenvalue weighted by Gasteiger charge is 2.62. The van der Waals surface area contributed by atoms with E-state index in [1.165, 1.54) is 18.3 Å². The molecular weight excluding hydrogens is 854 g/mol. The van der Waals surface area contributed by atoms with Crippen LogP contribution in [0.5, 0.6) is 23.0 Å². The number of nitrogens with one attached hydrogen (secondary N) is 2. The molecule has 1 spiro atoms. The average molecular weight is 902 g/mol.